The SMILES string of the molecule is Cc1ccc(NC(=O)c2cnc(Nc3ccccc3C(C)C)cn2)cc1C. The number of nitrogens with zero attached hydrogens (tertiary/aromatic N) is 2. The molecule has 0 radical (unpaired) electrons. The van der Waals surface area contributed by atoms with Gasteiger partial charge < -0.3 is 10.6 Å². The highest BCUT2D eigenvalue weighted by atomic mass is 16.1. The van der Waals surface area contributed by atoms with E-state index in [9.17, 15) is 4.79 Å². The lowest BCUT2D eigenvalue weighted by Gasteiger charge is -2.14. The molecule has 2 aromatic carbocycles. The van der Waals surface area contributed by atoms with Crippen LogP contribution >= 0.6 is 0 Å². The summed E-state index contributed by atoms with van der Waals surface area (Å²) < 4.78 is 0. The second-order valence-electron chi connectivity index (χ2n) is 6.91. The van der Waals surface area contributed by atoms with Crippen LogP contribution in [-0.4, -0.2) is 15.9 Å². The third-order valence-corrected chi connectivity index (χ3v) is 4.49. The quantitative estimate of drug-likeness (QED) is 0.655. The molecule has 0 atom stereocenters. The van der Waals surface area contributed by atoms with E-state index in [4.69, 9.17) is 0 Å². The number of benzene rings is 2. The number of hydrogen-bond donors (Lipinski definition) is 2. The molecule has 0 spiro atoms. The number of anilines is 3. The van der Waals surface area contributed by atoms with Gasteiger partial charge in [-0.1, -0.05) is 38.1 Å². The van der Waals surface area contributed by atoms with Crippen LogP contribution in [0, 0.1) is 13.8 Å². The van der Waals surface area contributed by atoms with Crippen molar-refractivity contribution in [3.05, 3.63) is 77.2 Å². The van der Waals surface area contributed by atoms with E-state index in [0.717, 1.165) is 16.9 Å². The molecule has 1 aromatic heterocycles. The summed E-state index contributed by atoms with van der Waals surface area (Å²) in [5.74, 6) is 0.718. The summed E-state index contributed by atoms with van der Waals surface area (Å²) in [5, 5.41) is 6.14. The van der Waals surface area contributed by atoms with Crippen molar-refractivity contribution in [3.8, 4) is 0 Å². The van der Waals surface area contributed by atoms with Crippen molar-refractivity contribution in [2.45, 2.75) is 33.6 Å². The van der Waals surface area contributed by atoms with E-state index in [1.165, 1.54) is 17.3 Å². The number of aromatic nitrogens is 2. The lowest BCUT2D eigenvalue weighted by molar-refractivity contribution is 0.102. The Bertz CT molecular complexity index is 949. The number of carbonyl (C=O) groups excluding carboxylic acids is 1. The zero-order valence-electron chi connectivity index (χ0n) is 16.1. The summed E-state index contributed by atoms with van der Waals surface area (Å²) >= 11 is 0. The van der Waals surface area contributed by atoms with E-state index < -0.39 is 0 Å². The van der Waals surface area contributed by atoms with E-state index in [1.54, 1.807) is 6.20 Å². The number of hydrogen-bond acceptors (Lipinski definition) is 4. The predicted molar refractivity (Wildman–Crippen MR) is 110 cm³/mol. The highest BCUT2D eigenvalue weighted by Gasteiger charge is 2.10. The van der Waals surface area contributed by atoms with E-state index in [2.05, 4.69) is 40.5 Å². The molecule has 0 saturated heterocycles. The standard InChI is InChI=1S/C22H24N4O/c1-14(2)18-7-5-6-8-19(18)26-21-13-23-20(12-24-21)22(27)25-17-10-9-15(3)16(4)11-17/h5-14H,1-4H3,(H,24,26)(H,25,27). The molecule has 0 bridgehead atoms. The van der Waals surface area contributed by atoms with Crippen molar-refractivity contribution in [3.63, 3.8) is 0 Å². The fourth-order valence-electron chi connectivity index (χ4n) is 2.78. The Labute approximate surface area is 159 Å². The molecule has 0 fully saturated rings. The lowest BCUT2D eigenvalue weighted by atomic mass is 10.0. The lowest BCUT2D eigenvalue weighted by Crippen LogP contribution is -2.14. The Morgan fingerprint density at radius 3 is 2.41 bits per heavy atom. The number of nitrogens with one attached hydrogen (secondary N) is 2. The van der Waals surface area contributed by atoms with Gasteiger partial charge in [-0.25, -0.2) is 9.97 Å². The Morgan fingerprint density at radius 1 is 0.963 bits per heavy atom. The molecule has 2 N–H and O–H groups in total. The first-order valence-electron chi connectivity index (χ1n) is 9.00. The first-order valence-corrected chi connectivity index (χ1v) is 9.00. The second-order valence-corrected chi connectivity index (χ2v) is 6.91. The molecule has 3 aromatic rings. The number of amides is 1. The van der Waals surface area contributed by atoms with Gasteiger partial charge in [-0.3, -0.25) is 4.79 Å². The summed E-state index contributed by atoms with van der Waals surface area (Å²) in [6.07, 6.45) is 3.06. The third kappa shape index (κ3) is 4.50. The summed E-state index contributed by atoms with van der Waals surface area (Å²) in [4.78, 5) is 21.0. The van der Waals surface area contributed by atoms with E-state index in [-0.39, 0.29) is 11.6 Å². The molecule has 0 aliphatic rings. The number of rotatable bonds is 5. The molecule has 5 nitrogen and oxygen atoms in total. The fraction of sp³-hybridized carbons (Fsp3) is 0.227. The smallest absolute Gasteiger partial charge is 0.275 e. The summed E-state index contributed by atoms with van der Waals surface area (Å²) in [5.41, 5.74) is 5.53. The third-order valence-electron chi connectivity index (χ3n) is 4.49. The normalized spacial score (nSPS) is 10.7. The Hall–Kier alpha value is -3.21. The number of para-hydroxylation sites is 1. The van der Waals surface area contributed by atoms with Gasteiger partial charge in [0.05, 0.1) is 12.4 Å². The Kier molecular flexibility index (Phi) is 5.50. The minimum absolute atomic E-state index is 0.274. The summed E-state index contributed by atoms with van der Waals surface area (Å²) in [7, 11) is 0. The maximum atomic E-state index is 12.4. The van der Waals surface area contributed by atoms with Gasteiger partial charge in [-0.2, -0.15) is 0 Å². The van der Waals surface area contributed by atoms with Crippen molar-refractivity contribution < 1.29 is 4.79 Å². The van der Waals surface area contributed by atoms with Gasteiger partial charge in [-0.15, -0.1) is 0 Å². The van der Waals surface area contributed by atoms with Gasteiger partial charge in [0.25, 0.3) is 5.91 Å². The van der Waals surface area contributed by atoms with Crippen LogP contribution < -0.4 is 10.6 Å². The molecule has 27 heavy (non-hydrogen) atoms. The fourth-order valence-corrected chi connectivity index (χ4v) is 2.78. The molecule has 0 unspecified atom stereocenters. The van der Waals surface area contributed by atoms with Gasteiger partial charge in [0.15, 0.2) is 0 Å². The van der Waals surface area contributed by atoms with Crippen LogP contribution in [0.15, 0.2) is 54.9 Å². The van der Waals surface area contributed by atoms with Crippen molar-refractivity contribution in [1.82, 2.24) is 9.97 Å². The van der Waals surface area contributed by atoms with Gasteiger partial charge in [0, 0.05) is 11.4 Å². The number of aryl methyl sites for hydroxylation is 2. The zero-order valence-corrected chi connectivity index (χ0v) is 16.1. The minimum atomic E-state index is -0.278. The van der Waals surface area contributed by atoms with Crippen LogP contribution in [-0.2, 0) is 0 Å². The Balaban J connectivity index is 1.71. The van der Waals surface area contributed by atoms with Crippen molar-refractivity contribution in [2.75, 3.05) is 10.6 Å². The highest BCUT2D eigenvalue weighted by molar-refractivity contribution is 6.02. The number of carbonyl (C=O) groups is 1. The van der Waals surface area contributed by atoms with Gasteiger partial charge in [0.2, 0.25) is 0 Å². The maximum absolute atomic E-state index is 12.4. The molecular formula is C22H24N4O. The largest absolute Gasteiger partial charge is 0.339 e. The monoisotopic (exact) mass is 360 g/mol. The van der Waals surface area contributed by atoms with Crippen LogP contribution in [0.1, 0.15) is 46.9 Å². The molecule has 5 heteroatoms. The summed E-state index contributed by atoms with van der Waals surface area (Å²) in [6.45, 7) is 8.34. The van der Waals surface area contributed by atoms with Gasteiger partial charge in [0.1, 0.15) is 11.5 Å². The minimum Gasteiger partial charge on any atom is -0.339 e. The van der Waals surface area contributed by atoms with E-state index in [1.807, 2.05) is 50.2 Å². The first-order chi connectivity index (χ1) is 12.9. The van der Waals surface area contributed by atoms with Crippen LogP contribution in [0.3, 0.4) is 0 Å². The molecule has 0 saturated carbocycles. The van der Waals surface area contributed by atoms with Crippen molar-refractivity contribution in [1.29, 1.82) is 0 Å². The summed E-state index contributed by atoms with van der Waals surface area (Å²) in [6, 6.07) is 13.9. The van der Waals surface area contributed by atoms with Crippen LogP contribution in [0.5, 0.6) is 0 Å². The molecule has 3 rings (SSSR count). The van der Waals surface area contributed by atoms with Crippen LogP contribution in [0.4, 0.5) is 17.2 Å². The second kappa shape index (κ2) is 7.99. The van der Waals surface area contributed by atoms with E-state index >= 15 is 0 Å². The molecular weight excluding hydrogens is 336 g/mol. The average Bonchev–Trinajstić information content (AvgIpc) is 2.65. The van der Waals surface area contributed by atoms with Crippen molar-refractivity contribution >= 4 is 23.1 Å². The molecule has 1 amide bonds. The van der Waals surface area contributed by atoms with Crippen molar-refractivity contribution in [2.24, 2.45) is 0 Å². The molecule has 138 valence electrons. The first kappa shape index (κ1) is 18.6. The zero-order chi connectivity index (χ0) is 19.4. The van der Waals surface area contributed by atoms with Crippen LogP contribution in [0.25, 0.3) is 0 Å². The molecule has 0 aliphatic heterocycles. The molecule has 1 heterocycles. The maximum Gasteiger partial charge on any atom is 0.275 e. The Morgan fingerprint density at radius 2 is 1.74 bits per heavy atom. The van der Waals surface area contributed by atoms with Gasteiger partial charge in [-0.05, 0) is 54.7 Å². The highest BCUT2D eigenvalue weighted by Crippen LogP contribution is 2.26. The average molecular weight is 360 g/mol. The topological polar surface area (TPSA) is 66.9 Å². The van der Waals surface area contributed by atoms with E-state index in [0.29, 0.717) is 11.7 Å². The van der Waals surface area contributed by atoms with Gasteiger partial charge >= 0.3 is 0 Å². The predicted octanol–water partition coefficient (Wildman–Crippen LogP) is 5.21. The molecule has 0 aliphatic carbocycles. The van der Waals surface area contributed by atoms with Crippen LogP contribution in [0.2, 0.25) is 0 Å².